The standard InChI is InChI=1S/C26H32Cl2N4O3/c27-19-4-8-24(29-14-19)32-12-9-18(15-32)26(34)30-22(16-31-10-1-2-11-31)25(33)17-3-7-23(21(28)13-17)35-20-5-6-20/h3-4,7-8,13-14,18,20,22,25,33H,1-2,5-6,9-12,15-16H2,(H,30,34)/t18?,22-,25-/m1/s1. The monoisotopic (exact) mass is 518 g/mol. The first-order valence-electron chi connectivity index (χ1n) is 12.5. The van der Waals surface area contributed by atoms with Gasteiger partial charge in [-0.15, -0.1) is 0 Å². The number of aliphatic hydroxyl groups is 1. The molecule has 3 atom stereocenters. The number of amides is 1. The van der Waals surface area contributed by atoms with Crippen molar-refractivity contribution in [3.63, 3.8) is 0 Å². The zero-order chi connectivity index (χ0) is 24.4. The fraction of sp³-hybridized carbons (Fsp3) is 0.538. The van der Waals surface area contributed by atoms with E-state index < -0.39 is 12.1 Å². The molecule has 1 saturated carbocycles. The van der Waals surface area contributed by atoms with E-state index in [0.29, 0.717) is 34.4 Å². The number of pyridine rings is 1. The number of halogens is 2. The molecule has 35 heavy (non-hydrogen) atoms. The van der Waals surface area contributed by atoms with Crippen LogP contribution < -0.4 is 15.0 Å². The lowest BCUT2D eigenvalue weighted by Crippen LogP contribution is -2.48. The molecular weight excluding hydrogens is 487 g/mol. The summed E-state index contributed by atoms with van der Waals surface area (Å²) in [4.78, 5) is 22.1. The number of hydrogen-bond donors (Lipinski definition) is 2. The normalized spacial score (nSPS) is 22.3. The summed E-state index contributed by atoms with van der Waals surface area (Å²) in [5.74, 6) is 1.26. The summed E-state index contributed by atoms with van der Waals surface area (Å²) < 4.78 is 5.84. The van der Waals surface area contributed by atoms with E-state index >= 15 is 0 Å². The summed E-state index contributed by atoms with van der Waals surface area (Å²) in [7, 11) is 0. The molecule has 1 amide bonds. The number of aliphatic hydroxyl groups excluding tert-OH is 1. The van der Waals surface area contributed by atoms with Crippen LogP contribution in [0.1, 0.15) is 43.8 Å². The van der Waals surface area contributed by atoms with Gasteiger partial charge in [-0.05, 0) is 75.0 Å². The second-order valence-electron chi connectivity index (χ2n) is 9.84. The number of nitrogens with one attached hydrogen (secondary N) is 1. The molecule has 0 bridgehead atoms. The topological polar surface area (TPSA) is 77.9 Å². The number of hydrogen-bond acceptors (Lipinski definition) is 6. The molecule has 5 rings (SSSR count). The van der Waals surface area contributed by atoms with E-state index in [0.717, 1.165) is 57.6 Å². The molecule has 0 radical (unpaired) electrons. The fourth-order valence-corrected chi connectivity index (χ4v) is 5.25. The minimum Gasteiger partial charge on any atom is -0.489 e. The fourth-order valence-electron chi connectivity index (χ4n) is 4.90. The van der Waals surface area contributed by atoms with E-state index in [4.69, 9.17) is 27.9 Å². The Balaban J connectivity index is 1.26. The number of aromatic nitrogens is 1. The van der Waals surface area contributed by atoms with Crippen LogP contribution in [-0.2, 0) is 4.79 Å². The lowest BCUT2D eigenvalue weighted by Gasteiger charge is -2.30. The van der Waals surface area contributed by atoms with Gasteiger partial charge in [-0.3, -0.25) is 4.79 Å². The molecule has 1 aromatic heterocycles. The Hall–Kier alpha value is -2.06. The largest absolute Gasteiger partial charge is 0.489 e. The Morgan fingerprint density at radius 2 is 1.94 bits per heavy atom. The molecule has 9 heteroatoms. The molecular formula is C26H32Cl2N4O3. The Kier molecular flexibility index (Phi) is 7.68. The Morgan fingerprint density at radius 1 is 1.14 bits per heavy atom. The maximum atomic E-state index is 13.3. The predicted molar refractivity (Wildman–Crippen MR) is 137 cm³/mol. The summed E-state index contributed by atoms with van der Waals surface area (Å²) in [6, 6.07) is 8.68. The van der Waals surface area contributed by atoms with Gasteiger partial charge in [-0.1, -0.05) is 29.3 Å². The van der Waals surface area contributed by atoms with Crippen molar-refractivity contribution in [2.24, 2.45) is 5.92 Å². The Morgan fingerprint density at radius 3 is 2.63 bits per heavy atom. The average Bonchev–Trinajstić information content (AvgIpc) is 3.30. The predicted octanol–water partition coefficient (Wildman–Crippen LogP) is 4.07. The lowest BCUT2D eigenvalue weighted by molar-refractivity contribution is -0.126. The molecule has 2 aromatic rings. The number of benzene rings is 1. The number of carbonyl (C=O) groups is 1. The highest BCUT2D eigenvalue weighted by molar-refractivity contribution is 6.32. The molecule has 188 valence electrons. The van der Waals surface area contributed by atoms with Gasteiger partial charge in [-0.2, -0.15) is 0 Å². The van der Waals surface area contributed by atoms with Crippen LogP contribution in [-0.4, -0.2) is 65.8 Å². The van der Waals surface area contributed by atoms with Gasteiger partial charge < -0.3 is 25.0 Å². The SMILES string of the molecule is O=C(N[C@H](CN1CCCC1)[C@H](O)c1ccc(OC2CC2)c(Cl)c1)C1CCN(c2ccc(Cl)cn2)C1. The molecule has 0 spiro atoms. The third-order valence-corrected chi connectivity index (χ3v) is 7.59. The van der Waals surface area contributed by atoms with Crippen molar-refractivity contribution >= 4 is 34.9 Å². The van der Waals surface area contributed by atoms with Crippen LogP contribution in [0.5, 0.6) is 5.75 Å². The van der Waals surface area contributed by atoms with Crippen molar-refractivity contribution in [3.8, 4) is 5.75 Å². The minimum atomic E-state index is -0.873. The zero-order valence-electron chi connectivity index (χ0n) is 19.7. The van der Waals surface area contributed by atoms with E-state index in [1.165, 1.54) is 0 Å². The van der Waals surface area contributed by atoms with Gasteiger partial charge >= 0.3 is 0 Å². The summed E-state index contributed by atoms with van der Waals surface area (Å²) in [5, 5.41) is 15.6. The van der Waals surface area contributed by atoms with Crippen LogP contribution in [0.2, 0.25) is 10.0 Å². The smallest absolute Gasteiger partial charge is 0.225 e. The second kappa shape index (κ2) is 10.9. The molecule has 2 saturated heterocycles. The first-order valence-corrected chi connectivity index (χ1v) is 13.3. The summed E-state index contributed by atoms with van der Waals surface area (Å²) in [6.45, 7) is 3.90. The number of anilines is 1. The maximum absolute atomic E-state index is 13.3. The summed E-state index contributed by atoms with van der Waals surface area (Å²) >= 11 is 12.4. The molecule has 2 aliphatic heterocycles. The van der Waals surface area contributed by atoms with E-state index in [2.05, 4.69) is 20.1 Å². The van der Waals surface area contributed by atoms with Crippen LogP contribution >= 0.6 is 23.2 Å². The lowest BCUT2D eigenvalue weighted by atomic mass is 10.00. The van der Waals surface area contributed by atoms with Crippen LogP contribution in [0.25, 0.3) is 0 Å². The van der Waals surface area contributed by atoms with Gasteiger partial charge in [0.15, 0.2) is 0 Å². The minimum absolute atomic E-state index is 0.0375. The second-order valence-corrected chi connectivity index (χ2v) is 10.7. The molecule has 7 nitrogen and oxygen atoms in total. The van der Waals surface area contributed by atoms with Gasteiger partial charge in [0.2, 0.25) is 5.91 Å². The number of likely N-dealkylation sites (tertiary alicyclic amines) is 1. The molecule has 3 heterocycles. The first kappa shape index (κ1) is 24.6. The van der Waals surface area contributed by atoms with Gasteiger partial charge in [0.05, 0.1) is 28.1 Å². The quantitative estimate of drug-likeness (QED) is 0.520. The molecule has 1 aromatic carbocycles. The van der Waals surface area contributed by atoms with E-state index in [1.54, 1.807) is 12.3 Å². The van der Waals surface area contributed by atoms with Crippen LogP contribution in [0.3, 0.4) is 0 Å². The molecule has 1 aliphatic carbocycles. The van der Waals surface area contributed by atoms with Gasteiger partial charge in [0, 0.05) is 25.8 Å². The molecule has 2 N–H and O–H groups in total. The number of carbonyl (C=O) groups excluding carboxylic acids is 1. The number of nitrogens with zero attached hydrogens (tertiary/aromatic N) is 3. The Bertz CT molecular complexity index is 1030. The molecule has 3 fully saturated rings. The first-order chi connectivity index (χ1) is 17.0. The molecule has 1 unspecified atom stereocenters. The highest BCUT2D eigenvalue weighted by Gasteiger charge is 2.33. The van der Waals surface area contributed by atoms with E-state index in [1.807, 2.05) is 24.3 Å². The summed E-state index contributed by atoms with van der Waals surface area (Å²) in [5.41, 5.74) is 0.682. The highest BCUT2D eigenvalue weighted by atomic mass is 35.5. The van der Waals surface area contributed by atoms with Crippen molar-refractivity contribution < 1.29 is 14.6 Å². The third kappa shape index (κ3) is 6.20. The van der Waals surface area contributed by atoms with Gasteiger partial charge in [0.25, 0.3) is 0 Å². The van der Waals surface area contributed by atoms with Crippen molar-refractivity contribution in [2.45, 2.75) is 50.4 Å². The van der Waals surface area contributed by atoms with E-state index in [9.17, 15) is 9.90 Å². The maximum Gasteiger partial charge on any atom is 0.225 e. The summed E-state index contributed by atoms with van der Waals surface area (Å²) in [6.07, 6.45) is 6.12. The van der Waals surface area contributed by atoms with Crippen LogP contribution in [0.4, 0.5) is 5.82 Å². The van der Waals surface area contributed by atoms with Crippen molar-refractivity contribution in [3.05, 3.63) is 52.1 Å². The highest BCUT2D eigenvalue weighted by Crippen LogP contribution is 2.34. The van der Waals surface area contributed by atoms with Crippen molar-refractivity contribution in [2.75, 3.05) is 37.6 Å². The van der Waals surface area contributed by atoms with Gasteiger partial charge in [0.1, 0.15) is 17.7 Å². The number of rotatable bonds is 9. The van der Waals surface area contributed by atoms with Crippen LogP contribution in [0.15, 0.2) is 36.5 Å². The zero-order valence-corrected chi connectivity index (χ0v) is 21.2. The van der Waals surface area contributed by atoms with Gasteiger partial charge in [-0.25, -0.2) is 4.98 Å². The molecule has 3 aliphatic rings. The van der Waals surface area contributed by atoms with E-state index in [-0.39, 0.29) is 17.9 Å². The van der Waals surface area contributed by atoms with Crippen molar-refractivity contribution in [1.82, 2.24) is 15.2 Å². The Labute approximate surface area is 216 Å². The average molecular weight is 519 g/mol. The number of ether oxygens (including phenoxy) is 1. The third-order valence-electron chi connectivity index (χ3n) is 7.07. The van der Waals surface area contributed by atoms with Crippen LogP contribution in [0, 0.1) is 5.92 Å². The van der Waals surface area contributed by atoms with Crippen molar-refractivity contribution in [1.29, 1.82) is 0 Å².